The van der Waals surface area contributed by atoms with Crippen molar-refractivity contribution in [2.75, 3.05) is 0 Å². The summed E-state index contributed by atoms with van der Waals surface area (Å²) in [5.74, 6) is -0.294. The zero-order valence-corrected chi connectivity index (χ0v) is 13.0. The molecule has 0 aliphatic carbocycles. The molecule has 126 valence electrons. The number of nitrogens with one attached hydrogen (secondary N) is 2. The Hall–Kier alpha value is -2.32. The lowest BCUT2D eigenvalue weighted by atomic mass is 9.98. The van der Waals surface area contributed by atoms with Gasteiger partial charge in [-0.05, 0) is 20.8 Å². The van der Waals surface area contributed by atoms with Crippen LogP contribution in [0.2, 0.25) is 0 Å². The van der Waals surface area contributed by atoms with Gasteiger partial charge < -0.3 is 10.3 Å². The molecule has 6 nitrogen and oxygen atoms in total. The lowest BCUT2D eigenvalue weighted by Gasteiger charge is -2.13. The fourth-order valence-electron chi connectivity index (χ4n) is 2.51. The molecule has 0 unspecified atom stereocenters. The van der Waals surface area contributed by atoms with Crippen LogP contribution >= 0.6 is 0 Å². The van der Waals surface area contributed by atoms with Crippen molar-refractivity contribution in [3.63, 3.8) is 0 Å². The molecule has 0 aromatic carbocycles. The first-order valence-corrected chi connectivity index (χ1v) is 7.05. The third-order valence-electron chi connectivity index (χ3n) is 3.58. The predicted octanol–water partition coefficient (Wildman–Crippen LogP) is 2.21. The lowest BCUT2D eigenvalue weighted by molar-refractivity contribution is -0.143. The van der Waals surface area contributed by atoms with Crippen molar-refractivity contribution >= 4 is 5.91 Å². The molecule has 0 aliphatic rings. The SMILES string of the molecule is Cc1nn(CC(F)(F)F)c(C)c1[C@@H](C)C(=O)NCc1ncc[nH]1. The van der Waals surface area contributed by atoms with Gasteiger partial charge in [-0.25, -0.2) is 4.98 Å². The number of carbonyl (C=O) groups excluding carboxylic acids is 1. The summed E-state index contributed by atoms with van der Waals surface area (Å²) in [5, 5.41) is 6.61. The number of imidazole rings is 1. The molecule has 1 atom stereocenters. The summed E-state index contributed by atoms with van der Waals surface area (Å²) in [6, 6.07) is 0. The number of aromatic amines is 1. The van der Waals surface area contributed by atoms with E-state index in [1.807, 2.05) is 0 Å². The summed E-state index contributed by atoms with van der Waals surface area (Å²) in [6.45, 7) is 3.85. The Bertz CT molecular complexity index is 675. The van der Waals surface area contributed by atoms with Crippen molar-refractivity contribution in [2.24, 2.45) is 0 Å². The highest BCUT2D eigenvalue weighted by Gasteiger charge is 2.31. The molecule has 1 amide bonds. The summed E-state index contributed by atoms with van der Waals surface area (Å²) in [7, 11) is 0. The summed E-state index contributed by atoms with van der Waals surface area (Å²) < 4.78 is 38.5. The average Bonchev–Trinajstić information content (AvgIpc) is 3.03. The first kappa shape index (κ1) is 17.0. The molecule has 2 heterocycles. The second-order valence-corrected chi connectivity index (χ2v) is 5.33. The van der Waals surface area contributed by atoms with Crippen LogP contribution in [0, 0.1) is 13.8 Å². The minimum Gasteiger partial charge on any atom is -0.348 e. The van der Waals surface area contributed by atoms with E-state index >= 15 is 0 Å². The minimum atomic E-state index is -4.36. The normalized spacial score (nSPS) is 13.1. The van der Waals surface area contributed by atoms with Gasteiger partial charge in [0.2, 0.25) is 5.91 Å². The van der Waals surface area contributed by atoms with E-state index in [1.54, 1.807) is 26.2 Å². The van der Waals surface area contributed by atoms with Gasteiger partial charge in [0.25, 0.3) is 0 Å². The standard InChI is InChI=1S/C14H18F3N5O/c1-8(13(23)20-6-11-18-4-5-19-11)12-9(2)21-22(10(12)3)7-14(15,16)17/h4-5,8H,6-7H2,1-3H3,(H,18,19)(H,20,23)/t8-/m1/s1. The summed E-state index contributed by atoms with van der Waals surface area (Å²) in [5.41, 5.74) is 1.29. The maximum Gasteiger partial charge on any atom is 0.408 e. The fourth-order valence-corrected chi connectivity index (χ4v) is 2.51. The Kier molecular flexibility index (Phi) is 4.76. The number of hydrogen-bond donors (Lipinski definition) is 2. The van der Waals surface area contributed by atoms with Crippen molar-refractivity contribution in [2.45, 2.75) is 46.0 Å². The van der Waals surface area contributed by atoms with Crippen LogP contribution in [-0.2, 0) is 17.9 Å². The largest absolute Gasteiger partial charge is 0.408 e. The van der Waals surface area contributed by atoms with Crippen LogP contribution in [0.4, 0.5) is 13.2 Å². The zero-order valence-electron chi connectivity index (χ0n) is 13.0. The highest BCUT2D eigenvalue weighted by molar-refractivity contribution is 5.83. The Balaban J connectivity index is 2.12. The van der Waals surface area contributed by atoms with E-state index in [2.05, 4.69) is 20.4 Å². The van der Waals surface area contributed by atoms with Crippen LogP contribution < -0.4 is 5.32 Å². The topological polar surface area (TPSA) is 75.6 Å². The van der Waals surface area contributed by atoms with Crippen LogP contribution in [0.5, 0.6) is 0 Å². The molecule has 0 fully saturated rings. The van der Waals surface area contributed by atoms with Gasteiger partial charge in [-0.2, -0.15) is 18.3 Å². The monoisotopic (exact) mass is 329 g/mol. The van der Waals surface area contributed by atoms with Gasteiger partial charge in [0.05, 0.1) is 18.2 Å². The van der Waals surface area contributed by atoms with E-state index in [9.17, 15) is 18.0 Å². The Morgan fingerprint density at radius 1 is 1.43 bits per heavy atom. The smallest absolute Gasteiger partial charge is 0.348 e. The molecule has 0 saturated carbocycles. The fraction of sp³-hybridized carbons (Fsp3) is 0.500. The Morgan fingerprint density at radius 3 is 2.70 bits per heavy atom. The Morgan fingerprint density at radius 2 is 2.13 bits per heavy atom. The number of halogens is 3. The van der Waals surface area contributed by atoms with Gasteiger partial charge in [-0.1, -0.05) is 0 Å². The number of aryl methyl sites for hydroxylation is 1. The second kappa shape index (κ2) is 6.43. The second-order valence-electron chi connectivity index (χ2n) is 5.33. The maximum atomic E-state index is 12.5. The maximum absolute atomic E-state index is 12.5. The third kappa shape index (κ3) is 4.11. The molecule has 0 saturated heterocycles. The number of aromatic nitrogens is 4. The molecule has 9 heteroatoms. The number of H-pyrrole nitrogens is 1. The first-order chi connectivity index (χ1) is 10.7. The number of alkyl halides is 3. The van der Waals surface area contributed by atoms with Gasteiger partial charge >= 0.3 is 6.18 Å². The van der Waals surface area contributed by atoms with Crippen molar-refractivity contribution in [3.05, 3.63) is 35.2 Å². The molecule has 2 N–H and O–H groups in total. The molecular formula is C14H18F3N5O. The molecule has 2 rings (SSSR count). The van der Waals surface area contributed by atoms with Crippen LogP contribution in [0.15, 0.2) is 12.4 Å². The number of nitrogens with zero attached hydrogens (tertiary/aromatic N) is 3. The van der Waals surface area contributed by atoms with E-state index in [-0.39, 0.29) is 12.5 Å². The molecule has 2 aromatic heterocycles. The molecule has 0 bridgehead atoms. The quantitative estimate of drug-likeness (QED) is 0.883. The van der Waals surface area contributed by atoms with Crippen molar-refractivity contribution in [1.82, 2.24) is 25.1 Å². The van der Waals surface area contributed by atoms with E-state index in [0.717, 1.165) is 4.68 Å². The number of hydrogen-bond acceptors (Lipinski definition) is 3. The summed E-state index contributed by atoms with van der Waals surface area (Å²) >= 11 is 0. The van der Waals surface area contributed by atoms with Gasteiger partial charge in [-0.15, -0.1) is 0 Å². The summed E-state index contributed by atoms with van der Waals surface area (Å²) in [6.07, 6.45) is -1.15. The number of carbonyl (C=O) groups is 1. The summed E-state index contributed by atoms with van der Waals surface area (Å²) in [4.78, 5) is 19.1. The third-order valence-corrected chi connectivity index (χ3v) is 3.58. The number of rotatable bonds is 5. The van der Waals surface area contributed by atoms with Crippen LogP contribution in [0.1, 0.15) is 35.6 Å². The lowest BCUT2D eigenvalue weighted by Crippen LogP contribution is -2.28. The van der Waals surface area contributed by atoms with E-state index < -0.39 is 18.6 Å². The zero-order chi connectivity index (χ0) is 17.2. The van der Waals surface area contributed by atoms with Crippen molar-refractivity contribution in [3.8, 4) is 0 Å². The van der Waals surface area contributed by atoms with Gasteiger partial charge in [0.15, 0.2) is 0 Å². The van der Waals surface area contributed by atoms with Gasteiger partial charge in [0.1, 0.15) is 12.4 Å². The van der Waals surface area contributed by atoms with Crippen LogP contribution in [0.25, 0.3) is 0 Å². The predicted molar refractivity (Wildman–Crippen MR) is 76.6 cm³/mol. The Labute approximate surface area is 131 Å². The molecule has 0 radical (unpaired) electrons. The average molecular weight is 329 g/mol. The minimum absolute atomic E-state index is 0.227. The number of amides is 1. The van der Waals surface area contributed by atoms with Gasteiger partial charge in [-0.3, -0.25) is 9.48 Å². The molecule has 0 aliphatic heterocycles. The molecule has 0 spiro atoms. The van der Waals surface area contributed by atoms with E-state index in [1.165, 1.54) is 6.92 Å². The highest BCUT2D eigenvalue weighted by atomic mass is 19.4. The molecule has 2 aromatic rings. The molecular weight excluding hydrogens is 311 g/mol. The van der Waals surface area contributed by atoms with E-state index in [4.69, 9.17) is 0 Å². The first-order valence-electron chi connectivity index (χ1n) is 7.05. The van der Waals surface area contributed by atoms with Crippen molar-refractivity contribution < 1.29 is 18.0 Å². The van der Waals surface area contributed by atoms with Crippen LogP contribution in [-0.4, -0.2) is 31.8 Å². The molecule has 23 heavy (non-hydrogen) atoms. The highest BCUT2D eigenvalue weighted by Crippen LogP contribution is 2.26. The van der Waals surface area contributed by atoms with Crippen molar-refractivity contribution in [1.29, 1.82) is 0 Å². The van der Waals surface area contributed by atoms with Gasteiger partial charge in [0, 0.05) is 23.7 Å². The van der Waals surface area contributed by atoms with Crippen LogP contribution in [0.3, 0.4) is 0 Å². The van der Waals surface area contributed by atoms with E-state index in [0.29, 0.717) is 22.8 Å².